The second-order valence-electron chi connectivity index (χ2n) is 9.22. The number of carbonyl (C=O) groups excluding carboxylic acids is 1. The zero-order valence-electron chi connectivity index (χ0n) is 17.9. The summed E-state index contributed by atoms with van der Waals surface area (Å²) in [6, 6.07) is 3.59. The minimum atomic E-state index is -0.307. The molecule has 2 aromatic rings. The fourth-order valence-corrected chi connectivity index (χ4v) is 3.78. The molecule has 1 N–H and O–H groups in total. The third-order valence-corrected chi connectivity index (χ3v) is 5.35. The lowest BCUT2D eigenvalue weighted by Crippen LogP contribution is -2.19. The van der Waals surface area contributed by atoms with Crippen LogP contribution in [0.2, 0.25) is 0 Å². The van der Waals surface area contributed by atoms with Gasteiger partial charge in [-0.3, -0.25) is 4.79 Å². The number of phenols is 1. The van der Waals surface area contributed by atoms with E-state index < -0.39 is 0 Å². The summed E-state index contributed by atoms with van der Waals surface area (Å²) in [4.78, 5) is 14.1. The molecule has 0 amide bonds. The number of nitriles is 1. The first-order valence-electron chi connectivity index (χ1n) is 9.58. The highest BCUT2D eigenvalue weighted by molar-refractivity contribution is 8.03. The summed E-state index contributed by atoms with van der Waals surface area (Å²) in [5, 5.41) is 22.1. The van der Waals surface area contributed by atoms with E-state index in [2.05, 4.69) is 12.3 Å². The number of rotatable bonds is 5. The largest absolute Gasteiger partial charge is 0.507 e. The van der Waals surface area contributed by atoms with Gasteiger partial charge in [0.05, 0.1) is 10.5 Å². The molecule has 4 nitrogen and oxygen atoms in total. The van der Waals surface area contributed by atoms with Gasteiger partial charge in [0, 0.05) is 35.6 Å². The second-order valence-corrected chi connectivity index (χ2v) is 10.0. The Kier molecular flexibility index (Phi) is 6.35. The van der Waals surface area contributed by atoms with Crippen LogP contribution in [0.25, 0.3) is 0 Å². The molecule has 2 rings (SSSR count). The zero-order chi connectivity index (χ0) is 21.3. The Morgan fingerprint density at radius 1 is 1.11 bits per heavy atom. The van der Waals surface area contributed by atoms with Crippen LogP contribution in [0, 0.1) is 10.7 Å². The smallest absolute Gasteiger partial charge is 0.195 e. The highest BCUT2D eigenvalue weighted by atomic mass is 32.2. The maximum atomic E-state index is 13.4. The lowest BCUT2D eigenvalue weighted by atomic mass is 9.78. The van der Waals surface area contributed by atoms with Gasteiger partial charge in [0.15, 0.2) is 5.78 Å². The first-order chi connectivity index (χ1) is 12.9. The lowest BCUT2D eigenvalue weighted by Gasteiger charge is -2.28. The van der Waals surface area contributed by atoms with Gasteiger partial charge in [0.25, 0.3) is 0 Å². The number of nitrogens with zero attached hydrogens (tertiary/aromatic N) is 2. The number of phenolic OH excluding ortho intramolecular Hbond substituents is 1. The van der Waals surface area contributed by atoms with Crippen molar-refractivity contribution in [3.63, 3.8) is 0 Å². The summed E-state index contributed by atoms with van der Waals surface area (Å²) in [7, 11) is 0. The molecule has 0 aliphatic heterocycles. The number of aromatic nitrogens is 1. The Labute approximate surface area is 172 Å². The zero-order valence-corrected chi connectivity index (χ0v) is 18.7. The third kappa shape index (κ3) is 4.62. The van der Waals surface area contributed by atoms with Crippen molar-refractivity contribution >= 4 is 17.5 Å². The average Bonchev–Trinajstić information content (AvgIpc) is 2.95. The molecule has 0 aliphatic carbocycles. The molecule has 0 bridgehead atoms. The normalized spacial score (nSPS) is 12.1. The van der Waals surface area contributed by atoms with Gasteiger partial charge in [-0.25, -0.2) is 0 Å². The molecular formula is C23H30N2O2S. The molecular weight excluding hydrogens is 368 g/mol. The van der Waals surface area contributed by atoms with Crippen LogP contribution in [0.5, 0.6) is 5.75 Å². The Morgan fingerprint density at radius 2 is 1.64 bits per heavy atom. The third-order valence-electron chi connectivity index (χ3n) is 4.71. The Hall–Kier alpha value is -2.19. The molecule has 0 saturated heterocycles. The van der Waals surface area contributed by atoms with E-state index in [-0.39, 0.29) is 22.4 Å². The van der Waals surface area contributed by atoms with Gasteiger partial charge in [-0.05, 0) is 41.1 Å². The average molecular weight is 399 g/mol. The number of aromatic hydroxyl groups is 1. The number of ketones is 1. The summed E-state index contributed by atoms with van der Waals surface area (Å²) < 4.78 is 1.96. The van der Waals surface area contributed by atoms with Crippen LogP contribution in [0.1, 0.15) is 81.9 Å². The van der Waals surface area contributed by atoms with Crippen LogP contribution in [0.3, 0.4) is 0 Å². The number of thiocyanates is 1. The fourth-order valence-electron chi connectivity index (χ4n) is 3.24. The van der Waals surface area contributed by atoms with Gasteiger partial charge >= 0.3 is 0 Å². The predicted molar refractivity (Wildman–Crippen MR) is 115 cm³/mol. The molecule has 0 fully saturated rings. The van der Waals surface area contributed by atoms with Crippen LogP contribution in [0.4, 0.5) is 0 Å². The molecule has 0 aliphatic rings. The minimum Gasteiger partial charge on any atom is -0.507 e. The van der Waals surface area contributed by atoms with E-state index in [0.29, 0.717) is 16.0 Å². The second kappa shape index (κ2) is 8.05. The Balaban J connectivity index is 2.68. The van der Waals surface area contributed by atoms with Gasteiger partial charge in [0.1, 0.15) is 11.2 Å². The monoisotopic (exact) mass is 398 g/mol. The van der Waals surface area contributed by atoms with Gasteiger partial charge in [-0.2, -0.15) is 5.26 Å². The molecule has 5 heteroatoms. The van der Waals surface area contributed by atoms with Crippen molar-refractivity contribution in [2.75, 3.05) is 0 Å². The molecule has 0 atom stereocenters. The Bertz CT molecular complexity index is 887. The number of benzene rings is 1. The minimum absolute atomic E-state index is 0.122. The number of thioether (sulfide) groups is 1. The van der Waals surface area contributed by atoms with E-state index in [1.54, 1.807) is 12.1 Å². The van der Waals surface area contributed by atoms with Crippen molar-refractivity contribution in [2.24, 2.45) is 0 Å². The van der Waals surface area contributed by atoms with E-state index in [1.165, 1.54) is 0 Å². The van der Waals surface area contributed by atoms with Gasteiger partial charge in [0.2, 0.25) is 0 Å². The quantitative estimate of drug-likeness (QED) is 0.381. The molecule has 1 heterocycles. The van der Waals surface area contributed by atoms with Crippen molar-refractivity contribution < 1.29 is 9.90 Å². The van der Waals surface area contributed by atoms with E-state index >= 15 is 0 Å². The van der Waals surface area contributed by atoms with E-state index in [4.69, 9.17) is 5.26 Å². The van der Waals surface area contributed by atoms with E-state index in [1.807, 2.05) is 58.5 Å². The molecule has 1 aromatic carbocycles. The fraction of sp³-hybridized carbons (Fsp3) is 0.478. The molecule has 1 aromatic heterocycles. The van der Waals surface area contributed by atoms with Gasteiger partial charge < -0.3 is 9.67 Å². The number of aryl methyl sites for hydroxylation is 1. The molecule has 150 valence electrons. The Morgan fingerprint density at radius 3 is 2.07 bits per heavy atom. The van der Waals surface area contributed by atoms with Crippen molar-refractivity contribution in [1.82, 2.24) is 4.57 Å². The molecule has 0 radical (unpaired) electrons. The summed E-state index contributed by atoms with van der Waals surface area (Å²) in [6.45, 7) is 15.0. The molecule has 0 saturated carbocycles. The summed E-state index contributed by atoms with van der Waals surface area (Å²) in [5.74, 6) is 0.135. The van der Waals surface area contributed by atoms with Crippen LogP contribution in [-0.4, -0.2) is 15.5 Å². The summed E-state index contributed by atoms with van der Waals surface area (Å²) in [5.41, 5.74) is 1.97. The van der Waals surface area contributed by atoms with Crippen molar-refractivity contribution in [3.05, 3.63) is 46.8 Å². The highest BCUT2D eigenvalue weighted by Crippen LogP contribution is 2.40. The number of hydrogen-bond donors (Lipinski definition) is 1. The van der Waals surface area contributed by atoms with Crippen molar-refractivity contribution in [1.29, 1.82) is 5.26 Å². The summed E-state index contributed by atoms with van der Waals surface area (Å²) >= 11 is 1.01. The van der Waals surface area contributed by atoms with Crippen molar-refractivity contribution in [3.8, 4) is 11.2 Å². The summed E-state index contributed by atoms with van der Waals surface area (Å²) in [6.07, 6.45) is 4.63. The standard InChI is InChI=1S/C23H30N2O2S/c1-8-9-25-12-16(19(13-25)28-14-24)20(26)15-10-17(22(2,3)4)21(27)18(11-15)23(5,6)7/h10-13,27H,8-9H2,1-7H3. The number of hydrogen-bond acceptors (Lipinski definition) is 4. The van der Waals surface area contributed by atoms with Crippen LogP contribution in [-0.2, 0) is 17.4 Å². The lowest BCUT2D eigenvalue weighted by molar-refractivity contribution is 0.103. The van der Waals surface area contributed by atoms with Crippen LogP contribution in [0.15, 0.2) is 29.4 Å². The maximum absolute atomic E-state index is 13.4. The molecule has 0 spiro atoms. The van der Waals surface area contributed by atoms with Gasteiger partial charge in [-0.1, -0.05) is 48.5 Å². The first-order valence-corrected chi connectivity index (χ1v) is 10.4. The SMILES string of the molecule is CCCn1cc(SC#N)c(C(=O)c2cc(C(C)(C)C)c(O)c(C(C)(C)C)c2)c1. The van der Waals surface area contributed by atoms with E-state index in [9.17, 15) is 9.90 Å². The van der Waals surface area contributed by atoms with Crippen LogP contribution >= 0.6 is 11.8 Å². The van der Waals surface area contributed by atoms with Gasteiger partial charge in [-0.15, -0.1) is 0 Å². The predicted octanol–water partition coefficient (Wildman–Crippen LogP) is 6.00. The maximum Gasteiger partial charge on any atom is 0.195 e. The topological polar surface area (TPSA) is 66.0 Å². The first kappa shape index (κ1) is 22.1. The highest BCUT2D eigenvalue weighted by Gasteiger charge is 2.29. The number of carbonyl (C=O) groups is 1. The molecule has 0 unspecified atom stereocenters. The van der Waals surface area contributed by atoms with E-state index in [0.717, 1.165) is 35.9 Å². The van der Waals surface area contributed by atoms with Crippen molar-refractivity contribution in [2.45, 2.75) is 77.2 Å². The van der Waals surface area contributed by atoms with Crippen LogP contribution < -0.4 is 0 Å². The molecule has 28 heavy (non-hydrogen) atoms.